The molecule has 0 aromatic heterocycles. The maximum absolute atomic E-state index is 5.30. The maximum Gasteiger partial charge on any atom is 0.141 e. The molecule has 0 radical (unpaired) electrons. The molecule has 0 unspecified atom stereocenters. The fraction of sp³-hybridized carbons (Fsp3) is 0.700. The van der Waals surface area contributed by atoms with Gasteiger partial charge in [-0.3, -0.25) is 0 Å². The van der Waals surface area contributed by atoms with E-state index in [9.17, 15) is 0 Å². The summed E-state index contributed by atoms with van der Waals surface area (Å²) < 4.78 is 5.30. The van der Waals surface area contributed by atoms with Gasteiger partial charge in [0.15, 0.2) is 0 Å². The highest BCUT2D eigenvalue weighted by molar-refractivity contribution is 6.86. The zero-order valence-electron chi connectivity index (χ0n) is 9.12. The third kappa shape index (κ3) is 2.02. The van der Waals surface area contributed by atoms with Crippen LogP contribution in [-0.2, 0) is 4.74 Å². The molecule has 1 nitrogen and oxygen atoms in total. The standard InChI is InChI=1S/C10H20OSi/c1-8-9(11-5)12(6,7)10(2,3)4/h1H2,2-7H3. The van der Waals surface area contributed by atoms with Crippen LogP contribution in [0.25, 0.3) is 0 Å². The second kappa shape index (κ2) is 3.50. The van der Waals surface area contributed by atoms with Gasteiger partial charge in [-0.25, -0.2) is 0 Å². The van der Waals surface area contributed by atoms with Crippen LogP contribution in [0.3, 0.4) is 0 Å². The van der Waals surface area contributed by atoms with Gasteiger partial charge in [0.1, 0.15) is 13.5 Å². The van der Waals surface area contributed by atoms with Crippen molar-refractivity contribution in [1.82, 2.24) is 0 Å². The molecular weight excluding hydrogens is 164 g/mol. The van der Waals surface area contributed by atoms with E-state index in [2.05, 4.69) is 46.2 Å². The van der Waals surface area contributed by atoms with Gasteiger partial charge in [-0.1, -0.05) is 46.2 Å². The largest absolute Gasteiger partial charge is 0.498 e. The molecule has 0 aliphatic heterocycles. The van der Waals surface area contributed by atoms with E-state index in [1.54, 1.807) is 7.11 Å². The monoisotopic (exact) mass is 184 g/mol. The number of hydrogen-bond acceptors (Lipinski definition) is 1. The average Bonchev–Trinajstić information content (AvgIpc) is 1.87. The third-order valence-corrected chi connectivity index (χ3v) is 8.07. The van der Waals surface area contributed by atoms with E-state index in [0.29, 0.717) is 5.04 Å². The lowest BCUT2D eigenvalue weighted by Crippen LogP contribution is -2.40. The Morgan fingerprint density at radius 1 is 1.33 bits per heavy atom. The minimum Gasteiger partial charge on any atom is -0.498 e. The van der Waals surface area contributed by atoms with Gasteiger partial charge < -0.3 is 4.74 Å². The molecule has 0 aliphatic carbocycles. The summed E-state index contributed by atoms with van der Waals surface area (Å²) in [5.41, 5.74) is 2.90. The summed E-state index contributed by atoms with van der Waals surface area (Å²) in [6, 6.07) is 0. The van der Waals surface area contributed by atoms with E-state index in [-0.39, 0.29) is 0 Å². The molecule has 0 fully saturated rings. The number of rotatable bonds is 2. The summed E-state index contributed by atoms with van der Waals surface area (Å²) in [4.78, 5) is 0. The topological polar surface area (TPSA) is 9.23 Å². The molecule has 0 amide bonds. The number of methoxy groups -OCH3 is 1. The van der Waals surface area contributed by atoms with Crippen LogP contribution in [0.15, 0.2) is 17.7 Å². The first-order valence-electron chi connectivity index (χ1n) is 4.22. The lowest BCUT2D eigenvalue weighted by molar-refractivity contribution is 0.313. The van der Waals surface area contributed by atoms with E-state index in [1.165, 1.54) is 0 Å². The van der Waals surface area contributed by atoms with E-state index >= 15 is 0 Å². The highest BCUT2D eigenvalue weighted by Gasteiger charge is 2.40. The third-order valence-electron chi connectivity index (χ3n) is 2.81. The molecule has 0 rings (SSSR count). The van der Waals surface area contributed by atoms with Gasteiger partial charge in [-0.2, -0.15) is 0 Å². The van der Waals surface area contributed by atoms with Crippen LogP contribution in [-0.4, -0.2) is 15.2 Å². The van der Waals surface area contributed by atoms with Gasteiger partial charge in [0.2, 0.25) is 0 Å². The van der Waals surface area contributed by atoms with Gasteiger partial charge >= 0.3 is 0 Å². The van der Waals surface area contributed by atoms with Gasteiger partial charge in [0, 0.05) is 0 Å². The van der Waals surface area contributed by atoms with Gasteiger partial charge in [-0.05, 0) is 5.04 Å². The number of ether oxygens (including phenoxy) is 1. The smallest absolute Gasteiger partial charge is 0.141 e. The molecular formula is C10H20OSi. The quantitative estimate of drug-likeness (QED) is 0.363. The average molecular weight is 184 g/mol. The van der Waals surface area contributed by atoms with E-state index in [0.717, 1.165) is 5.38 Å². The van der Waals surface area contributed by atoms with E-state index in [1.807, 2.05) is 0 Å². The van der Waals surface area contributed by atoms with Crippen molar-refractivity contribution in [3.05, 3.63) is 17.7 Å². The normalized spacial score (nSPS) is 12.2. The Kier molecular flexibility index (Phi) is 3.37. The highest BCUT2D eigenvalue weighted by Crippen LogP contribution is 2.40. The van der Waals surface area contributed by atoms with Crippen molar-refractivity contribution >= 4 is 8.07 Å². The molecule has 0 saturated carbocycles. The summed E-state index contributed by atoms with van der Waals surface area (Å²) >= 11 is 0. The second-order valence-corrected chi connectivity index (χ2v) is 9.79. The molecule has 0 heterocycles. The van der Waals surface area contributed by atoms with Crippen molar-refractivity contribution < 1.29 is 4.74 Å². The van der Waals surface area contributed by atoms with Crippen LogP contribution in [0.4, 0.5) is 0 Å². The Labute approximate surface area is 77.1 Å². The van der Waals surface area contributed by atoms with Gasteiger partial charge in [0.25, 0.3) is 0 Å². The van der Waals surface area contributed by atoms with Crippen molar-refractivity contribution in [2.45, 2.75) is 38.9 Å². The first kappa shape index (κ1) is 11.5. The summed E-state index contributed by atoms with van der Waals surface area (Å²) in [7, 11) is 0.189. The Hall–Kier alpha value is -0.463. The number of hydrogen-bond donors (Lipinski definition) is 0. The molecule has 0 atom stereocenters. The van der Waals surface area contributed by atoms with Crippen LogP contribution in [0.2, 0.25) is 18.1 Å². The zero-order chi connectivity index (χ0) is 9.99. The van der Waals surface area contributed by atoms with Gasteiger partial charge in [0.05, 0.1) is 7.11 Å². The van der Waals surface area contributed by atoms with Crippen LogP contribution in [0.5, 0.6) is 0 Å². The van der Waals surface area contributed by atoms with Crippen LogP contribution >= 0.6 is 0 Å². The molecule has 0 saturated heterocycles. The molecule has 0 aromatic carbocycles. The first-order chi connectivity index (χ1) is 5.27. The van der Waals surface area contributed by atoms with E-state index < -0.39 is 8.07 Å². The predicted octanol–water partition coefficient (Wildman–Crippen LogP) is 3.35. The zero-order valence-corrected chi connectivity index (χ0v) is 10.1. The first-order valence-corrected chi connectivity index (χ1v) is 7.22. The van der Waals surface area contributed by atoms with Crippen LogP contribution < -0.4 is 0 Å². The second-order valence-electron chi connectivity index (χ2n) is 4.59. The maximum atomic E-state index is 5.30. The molecule has 0 bridgehead atoms. The minimum absolute atomic E-state index is 0.295. The predicted molar refractivity (Wildman–Crippen MR) is 56.9 cm³/mol. The molecule has 12 heavy (non-hydrogen) atoms. The SMILES string of the molecule is C=C=C(OC)[Si](C)(C)C(C)(C)C. The molecule has 0 spiro atoms. The van der Waals surface area contributed by atoms with Gasteiger partial charge in [-0.15, -0.1) is 0 Å². The van der Waals surface area contributed by atoms with Crippen molar-refractivity contribution in [3.8, 4) is 0 Å². The fourth-order valence-electron chi connectivity index (χ4n) is 0.889. The van der Waals surface area contributed by atoms with E-state index in [4.69, 9.17) is 4.74 Å². The minimum atomic E-state index is -1.51. The Balaban J connectivity index is 4.97. The Morgan fingerprint density at radius 3 is 1.83 bits per heavy atom. The summed E-state index contributed by atoms with van der Waals surface area (Å²) in [6.45, 7) is 15.0. The molecule has 0 aliphatic rings. The molecule has 0 N–H and O–H groups in total. The van der Waals surface area contributed by atoms with Crippen molar-refractivity contribution in [3.63, 3.8) is 0 Å². The lowest BCUT2D eigenvalue weighted by atomic mass is 10.2. The van der Waals surface area contributed by atoms with Crippen LogP contribution in [0.1, 0.15) is 20.8 Å². The Bertz CT molecular complexity index is 204. The summed E-state index contributed by atoms with van der Waals surface area (Å²) in [5, 5.41) is 1.26. The Morgan fingerprint density at radius 2 is 1.75 bits per heavy atom. The lowest BCUT2D eigenvalue weighted by Gasteiger charge is -2.36. The molecule has 0 aromatic rings. The highest BCUT2D eigenvalue weighted by atomic mass is 28.3. The van der Waals surface area contributed by atoms with Crippen molar-refractivity contribution in [1.29, 1.82) is 0 Å². The van der Waals surface area contributed by atoms with Crippen molar-refractivity contribution in [2.75, 3.05) is 7.11 Å². The molecule has 2 heteroatoms. The summed E-state index contributed by atoms with van der Waals surface area (Å²) in [6.07, 6.45) is 0. The van der Waals surface area contributed by atoms with Crippen molar-refractivity contribution in [2.24, 2.45) is 0 Å². The molecule has 70 valence electrons. The fourth-order valence-corrected chi connectivity index (χ4v) is 2.52. The summed E-state index contributed by atoms with van der Waals surface area (Å²) in [5.74, 6) is 0. The van der Waals surface area contributed by atoms with Crippen LogP contribution in [0, 0.1) is 0 Å².